The Balaban J connectivity index is 1.86. The van der Waals surface area contributed by atoms with Gasteiger partial charge in [0.25, 0.3) is 0 Å². The summed E-state index contributed by atoms with van der Waals surface area (Å²) in [5, 5.41) is 3.51. The number of Topliss-reactive ketones (excluding diaryl/α,β-unsaturated/α-hetero) is 1. The molecule has 2 aliphatic rings. The molecule has 0 spiro atoms. The second-order valence-electron chi connectivity index (χ2n) is 9.70. The van der Waals surface area contributed by atoms with Gasteiger partial charge in [-0.15, -0.1) is 11.8 Å². The van der Waals surface area contributed by atoms with Crippen molar-refractivity contribution in [2.24, 2.45) is 0 Å². The molecule has 31 heavy (non-hydrogen) atoms. The quantitative estimate of drug-likeness (QED) is 0.229. The first-order chi connectivity index (χ1) is 15.3. The summed E-state index contributed by atoms with van der Waals surface area (Å²) in [6.07, 6.45) is 23.3. The number of nitrogens with zero attached hydrogens (tertiary/aromatic N) is 1. The highest BCUT2D eigenvalue weighted by Gasteiger charge is 2.27. The third-order valence-corrected chi connectivity index (χ3v) is 8.15. The topological polar surface area (TPSA) is 32.3 Å². The molecule has 0 aromatic heterocycles. The van der Waals surface area contributed by atoms with Crippen molar-refractivity contribution in [2.45, 2.75) is 135 Å². The summed E-state index contributed by atoms with van der Waals surface area (Å²) in [7, 11) is 0. The summed E-state index contributed by atoms with van der Waals surface area (Å²) in [5.41, 5.74) is 1.52. The fraction of sp³-hybridized carbons (Fsp3) is 0.889. The monoisotopic (exact) mass is 450 g/mol. The maximum absolute atomic E-state index is 13.0. The van der Waals surface area contributed by atoms with Crippen LogP contribution in [0.1, 0.15) is 129 Å². The van der Waals surface area contributed by atoms with E-state index in [0.717, 1.165) is 18.8 Å². The van der Waals surface area contributed by atoms with Crippen LogP contribution in [0.15, 0.2) is 10.6 Å². The van der Waals surface area contributed by atoms with Crippen LogP contribution < -0.4 is 5.32 Å². The molecule has 1 atom stereocenters. The van der Waals surface area contributed by atoms with Gasteiger partial charge in [0.05, 0.1) is 18.5 Å². The lowest BCUT2D eigenvalue weighted by atomic mass is 10.0. The maximum Gasteiger partial charge on any atom is 0.168 e. The molecule has 180 valence electrons. The van der Waals surface area contributed by atoms with Crippen molar-refractivity contribution in [3.63, 3.8) is 0 Å². The van der Waals surface area contributed by atoms with Gasteiger partial charge in [-0.1, -0.05) is 90.9 Å². The molecule has 1 N–H and O–H groups in total. The number of allylic oxidation sites excluding steroid dienone is 2. The zero-order valence-corrected chi connectivity index (χ0v) is 21.5. The van der Waals surface area contributed by atoms with Gasteiger partial charge in [-0.25, -0.2) is 0 Å². The number of nitrogens with one attached hydrogen (secondary N) is 1. The summed E-state index contributed by atoms with van der Waals surface area (Å²) in [6.45, 7) is 6.20. The second-order valence-corrected chi connectivity index (χ2v) is 10.7. The van der Waals surface area contributed by atoms with E-state index in [4.69, 9.17) is 0 Å². The number of unbranched alkanes of at least 4 members (excludes halogenated alkanes) is 10. The molecule has 2 rings (SSSR count). The van der Waals surface area contributed by atoms with E-state index in [2.05, 4.69) is 24.1 Å². The molecule has 0 aliphatic carbocycles. The van der Waals surface area contributed by atoms with Gasteiger partial charge in [-0.05, 0) is 45.1 Å². The smallest absolute Gasteiger partial charge is 0.168 e. The molecular weight excluding hydrogens is 400 g/mol. The minimum atomic E-state index is 0.0883. The summed E-state index contributed by atoms with van der Waals surface area (Å²) in [6, 6.07) is 0.0883. The highest BCUT2D eigenvalue weighted by Crippen LogP contribution is 2.38. The van der Waals surface area contributed by atoms with E-state index in [0.29, 0.717) is 12.3 Å². The Bertz CT molecular complexity index is 511. The predicted octanol–water partition coefficient (Wildman–Crippen LogP) is 7.81. The molecule has 2 heterocycles. The fourth-order valence-electron chi connectivity index (χ4n) is 4.89. The molecule has 0 saturated carbocycles. The Morgan fingerprint density at radius 3 is 2.23 bits per heavy atom. The zero-order chi connectivity index (χ0) is 22.2. The molecule has 1 unspecified atom stereocenters. The van der Waals surface area contributed by atoms with E-state index < -0.39 is 0 Å². The molecule has 0 aromatic carbocycles. The summed E-state index contributed by atoms with van der Waals surface area (Å²) < 4.78 is 0. The number of thioether (sulfide) groups is 1. The van der Waals surface area contributed by atoms with Crippen molar-refractivity contribution in [3.05, 3.63) is 10.6 Å². The number of ketones is 1. The molecule has 0 radical (unpaired) electrons. The first-order valence-corrected chi connectivity index (χ1v) is 14.6. The van der Waals surface area contributed by atoms with Crippen molar-refractivity contribution in [1.82, 2.24) is 10.2 Å². The van der Waals surface area contributed by atoms with Crippen LogP contribution in [0.2, 0.25) is 0 Å². The number of hydrogen-bond acceptors (Lipinski definition) is 4. The average molecular weight is 451 g/mol. The van der Waals surface area contributed by atoms with Gasteiger partial charge in [0.1, 0.15) is 0 Å². The summed E-state index contributed by atoms with van der Waals surface area (Å²) in [5.74, 6) is 1.41. The van der Waals surface area contributed by atoms with E-state index in [1.807, 2.05) is 11.8 Å². The average Bonchev–Trinajstić information content (AvgIpc) is 2.97. The Morgan fingerprint density at radius 1 is 0.871 bits per heavy atom. The highest BCUT2D eigenvalue weighted by molar-refractivity contribution is 8.03. The van der Waals surface area contributed by atoms with E-state index in [1.54, 1.807) is 4.91 Å². The molecular formula is C27H50N2OS. The molecule has 1 fully saturated rings. The molecule has 2 aliphatic heterocycles. The fourth-order valence-corrected chi connectivity index (χ4v) is 6.13. The van der Waals surface area contributed by atoms with E-state index >= 15 is 0 Å². The van der Waals surface area contributed by atoms with Gasteiger partial charge in [-0.2, -0.15) is 0 Å². The second kappa shape index (κ2) is 17.1. The molecule has 0 amide bonds. The number of carbonyl (C=O) groups is 1. The largest absolute Gasteiger partial charge is 0.357 e. The van der Waals surface area contributed by atoms with Gasteiger partial charge < -0.3 is 10.2 Å². The zero-order valence-electron chi connectivity index (χ0n) is 20.7. The van der Waals surface area contributed by atoms with Crippen molar-refractivity contribution in [3.8, 4) is 0 Å². The SMILES string of the molecule is CCCCCCCCC1=C(CCCCCCCC)N(CC(=O)C2CCCCCN2)CS1. The van der Waals surface area contributed by atoms with Crippen LogP contribution in [0.25, 0.3) is 0 Å². The van der Waals surface area contributed by atoms with Gasteiger partial charge in [0, 0.05) is 10.6 Å². The van der Waals surface area contributed by atoms with Crippen molar-refractivity contribution < 1.29 is 4.79 Å². The van der Waals surface area contributed by atoms with Crippen LogP contribution in [0.5, 0.6) is 0 Å². The summed E-state index contributed by atoms with van der Waals surface area (Å²) in [4.78, 5) is 17.1. The Kier molecular flexibility index (Phi) is 14.7. The van der Waals surface area contributed by atoms with Gasteiger partial charge in [-0.3, -0.25) is 4.79 Å². The van der Waals surface area contributed by atoms with Crippen LogP contribution in [0.4, 0.5) is 0 Å². The minimum absolute atomic E-state index is 0.0883. The maximum atomic E-state index is 13.0. The lowest BCUT2D eigenvalue weighted by Crippen LogP contribution is -2.41. The molecule has 0 bridgehead atoms. The third kappa shape index (κ3) is 10.8. The number of hydrogen-bond donors (Lipinski definition) is 1. The first-order valence-electron chi connectivity index (χ1n) is 13.6. The van der Waals surface area contributed by atoms with Crippen LogP contribution >= 0.6 is 11.8 Å². The minimum Gasteiger partial charge on any atom is -0.357 e. The van der Waals surface area contributed by atoms with Crippen molar-refractivity contribution >= 4 is 17.5 Å². The van der Waals surface area contributed by atoms with Crippen LogP contribution in [0, 0.1) is 0 Å². The van der Waals surface area contributed by atoms with E-state index in [9.17, 15) is 4.79 Å². The van der Waals surface area contributed by atoms with E-state index in [1.165, 1.54) is 115 Å². The number of carbonyl (C=O) groups excluding carboxylic acids is 1. The Hall–Kier alpha value is -0.480. The molecule has 3 nitrogen and oxygen atoms in total. The predicted molar refractivity (Wildman–Crippen MR) is 137 cm³/mol. The van der Waals surface area contributed by atoms with Gasteiger partial charge in [0.15, 0.2) is 5.78 Å². The highest BCUT2D eigenvalue weighted by atomic mass is 32.2. The third-order valence-electron chi connectivity index (χ3n) is 6.92. The standard InChI is InChI=1S/C27H50N2OS/c1-3-5-7-9-11-15-19-25-27(20-16-12-10-8-6-4-2)31-23-29(25)22-26(30)24-18-14-13-17-21-28-24/h24,28H,3-23H2,1-2H3. The van der Waals surface area contributed by atoms with Crippen LogP contribution in [-0.4, -0.2) is 35.7 Å². The molecule has 4 heteroatoms. The normalized spacial score (nSPS) is 19.8. The van der Waals surface area contributed by atoms with Crippen molar-refractivity contribution in [1.29, 1.82) is 0 Å². The molecule has 1 saturated heterocycles. The number of rotatable bonds is 17. The van der Waals surface area contributed by atoms with E-state index in [-0.39, 0.29) is 6.04 Å². The van der Waals surface area contributed by atoms with Gasteiger partial charge in [0.2, 0.25) is 0 Å². The molecule has 0 aromatic rings. The van der Waals surface area contributed by atoms with Crippen molar-refractivity contribution in [2.75, 3.05) is 19.0 Å². The van der Waals surface area contributed by atoms with Crippen LogP contribution in [0.3, 0.4) is 0 Å². The summed E-state index contributed by atoms with van der Waals surface area (Å²) >= 11 is 2.02. The van der Waals surface area contributed by atoms with Crippen LogP contribution in [-0.2, 0) is 4.79 Å². The lowest BCUT2D eigenvalue weighted by Gasteiger charge is -2.24. The van der Waals surface area contributed by atoms with Gasteiger partial charge >= 0.3 is 0 Å². The first kappa shape index (κ1) is 26.8. The Morgan fingerprint density at radius 2 is 1.52 bits per heavy atom. The lowest BCUT2D eigenvalue weighted by molar-refractivity contribution is -0.121. The Labute approximate surface area is 197 Å².